The average molecular weight is 373 g/mol. The van der Waals surface area contributed by atoms with Crippen LogP contribution in [0.2, 0.25) is 0 Å². The Morgan fingerprint density at radius 3 is 2.11 bits per heavy atom. The number of benzene rings is 1. The summed E-state index contributed by atoms with van der Waals surface area (Å²) in [7, 11) is 0. The van der Waals surface area contributed by atoms with Gasteiger partial charge in [0.2, 0.25) is 0 Å². The van der Waals surface area contributed by atoms with Gasteiger partial charge >= 0.3 is 5.97 Å². The Morgan fingerprint density at radius 1 is 0.889 bits per heavy atom. The molecule has 0 spiro atoms. The minimum absolute atomic E-state index is 0.538. The number of hydrogen-bond donors (Lipinski definition) is 1. The third-order valence-electron chi connectivity index (χ3n) is 6.30. The van der Waals surface area contributed by atoms with Crippen LogP contribution < -0.4 is 0 Å². The molecule has 2 nitrogen and oxygen atoms in total. The highest BCUT2D eigenvalue weighted by Gasteiger charge is 2.21. The molecule has 1 aliphatic rings. The van der Waals surface area contributed by atoms with Gasteiger partial charge in [0.25, 0.3) is 0 Å². The zero-order valence-corrected chi connectivity index (χ0v) is 18.0. The first-order valence-electron chi connectivity index (χ1n) is 11.2. The third-order valence-corrected chi connectivity index (χ3v) is 6.30. The SMILES string of the molecule is CC(C)CCCC(C)CCCC(C)Cc1ccc(C(=O)O)c2c1CCCC2. The summed E-state index contributed by atoms with van der Waals surface area (Å²) < 4.78 is 0. The molecule has 2 heteroatoms. The van der Waals surface area contributed by atoms with Gasteiger partial charge in [-0.1, -0.05) is 72.3 Å². The summed E-state index contributed by atoms with van der Waals surface area (Å²) in [6.45, 7) is 9.40. The van der Waals surface area contributed by atoms with E-state index >= 15 is 0 Å². The van der Waals surface area contributed by atoms with Crippen LogP contribution in [0.15, 0.2) is 12.1 Å². The highest BCUT2D eigenvalue weighted by atomic mass is 16.4. The van der Waals surface area contributed by atoms with Gasteiger partial charge in [0, 0.05) is 0 Å². The number of hydrogen-bond acceptors (Lipinski definition) is 1. The topological polar surface area (TPSA) is 37.3 Å². The molecule has 0 saturated heterocycles. The molecule has 1 aromatic rings. The van der Waals surface area contributed by atoms with Crippen molar-refractivity contribution in [2.24, 2.45) is 17.8 Å². The Balaban J connectivity index is 1.84. The third kappa shape index (κ3) is 6.97. The second-order valence-electron chi connectivity index (χ2n) is 9.41. The van der Waals surface area contributed by atoms with Gasteiger partial charge < -0.3 is 5.11 Å². The lowest BCUT2D eigenvalue weighted by molar-refractivity contribution is 0.0695. The Hall–Kier alpha value is -1.31. The van der Waals surface area contributed by atoms with Gasteiger partial charge in [-0.3, -0.25) is 0 Å². The van der Waals surface area contributed by atoms with Crippen molar-refractivity contribution < 1.29 is 9.90 Å². The van der Waals surface area contributed by atoms with Gasteiger partial charge in [-0.2, -0.15) is 0 Å². The molecule has 2 rings (SSSR count). The van der Waals surface area contributed by atoms with Gasteiger partial charge in [-0.15, -0.1) is 0 Å². The molecule has 0 aromatic heterocycles. The van der Waals surface area contributed by atoms with Crippen LogP contribution in [0.3, 0.4) is 0 Å². The van der Waals surface area contributed by atoms with Crippen molar-refractivity contribution in [3.63, 3.8) is 0 Å². The monoisotopic (exact) mass is 372 g/mol. The van der Waals surface area contributed by atoms with Crippen LogP contribution in [-0.4, -0.2) is 11.1 Å². The molecule has 0 aliphatic heterocycles. The highest BCUT2D eigenvalue weighted by Crippen LogP contribution is 2.30. The van der Waals surface area contributed by atoms with Crippen molar-refractivity contribution in [3.05, 3.63) is 34.4 Å². The fourth-order valence-electron chi connectivity index (χ4n) is 4.64. The molecule has 0 saturated carbocycles. The number of rotatable bonds is 11. The van der Waals surface area contributed by atoms with Gasteiger partial charge in [-0.05, 0) is 72.6 Å². The van der Waals surface area contributed by atoms with E-state index in [0.717, 1.165) is 43.1 Å². The zero-order valence-electron chi connectivity index (χ0n) is 18.0. The summed E-state index contributed by atoms with van der Waals surface area (Å²) in [5.74, 6) is 1.59. The smallest absolute Gasteiger partial charge is 0.335 e. The summed E-state index contributed by atoms with van der Waals surface area (Å²) >= 11 is 0. The quantitative estimate of drug-likeness (QED) is 0.451. The number of carboxylic acids is 1. The predicted molar refractivity (Wildman–Crippen MR) is 115 cm³/mol. The molecule has 0 amide bonds. The van der Waals surface area contributed by atoms with Crippen LogP contribution in [0.5, 0.6) is 0 Å². The van der Waals surface area contributed by atoms with E-state index < -0.39 is 5.97 Å². The maximum atomic E-state index is 11.5. The van der Waals surface area contributed by atoms with E-state index in [1.54, 1.807) is 0 Å². The fourth-order valence-corrected chi connectivity index (χ4v) is 4.64. The highest BCUT2D eigenvalue weighted by molar-refractivity contribution is 5.90. The molecule has 0 fully saturated rings. The van der Waals surface area contributed by atoms with Gasteiger partial charge in [-0.25, -0.2) is 4.79 Å². The Labute approximate surface area is 166 Å². The summed E-state index contributed by atoms with van der Waals surface area (Å²) in [4.78, 5) is 11.5. The van der Waals surface area contributed by atoms with Crippen molar-refractivity contribution in [1.82, 2.24) is 0 Å². The van der Waals surface area contributed by atoms with Gasteiger partial charge in [0.05, 0.1) is 5.56 Å². The number of aromatic carboxylic acids is 1. The molecule has 152 valence electrons. The number of carboxylic acid groups (broad SMARTS) is 1. The molecule has 27 heavy (non-hydrogen) atoms. The van der Waals surface area contributed by atoms with E-state index in [2.05, 4.69) is 33.8 Å². The molecule has 1 aromatic carbocycles. The first-order valence-corrected chi connectivity index (χ1v) is 11.2. The van der Waals surface area contributed by atoms with Crippen LogP contribution in [0, 0.1) is 17.8 Å². The molecule has 0 bridgehead atoms. The molecule has 0 heterocycles. The molecule has 1 N–H and O–H groups in total. The van der Waals surface area contributed by atoms with Crippen LogP contribution in [0.25, 0.3) is 0 Å². The largest absolute Gasteiger partial charge is 0.478 e. The second kappa shape index (κ2) is 10.9. The summed E-state index contributed by atoms with van der Waals surface area (Å²) in [6, 6.07) is 3.95. The molecule has 2 unspecified atom stereocenters. The first kappa shape index (κ1) is 22.0. The Kier molecular flexibility index (Phi) is 8.86. The van der Waals surface area contributed by atoms with E-state index in [1.807, 2.05) is 6.07 Å². The van der Waals surface area contributed by atoms with Gasteiger partial charge in [0.1, 0.15) is 0 Å². The van der Waals surface area contributed by atoms with Crippen molar-refractivity contribution in [2.45, 2.75) is 98.3 Å². The molecular weight excluding hydrogens is 332 g/mol. The fraction of sp³-hybridized carbons (Fsp3) is 0.720. The minimum atomic E-state index is -0.765. The van der Waals surface area contributed by atoms with Crippen molar-refractivity contribution in [1.29, 1.82) is 0 Å². The average Bonchev–Trinajstić information content (AvgIpc) is 2.61. The number of fused-ring (bicyclic) bond motifs is 1. The normalized spacial score (nSPS) is 16.2. The lowest BCUT2D eigenvalue weighted by Gasteiger charge is -2.23. The van der Waals surface area contributed by atoms with E-state index in [9.17, 15) is 9.90 Å². The van der Waals surface area contributed by atoms with Crippen LogP contribution in [0.1, 0.15) is 106 Å². The van der Waals surface area contributed by atoms with E-state index in [1.165, 1.54) is 56.1 Å². The van der Waals surface area contributed by atoms with Crippen molar-refractivity contribution >= 4 is 5.97 Å². The van der Waals surface area contributed by atoms with Crippen molar-refractivity contribution in [3.8, 4) is 0 Å². The van der Waals surface area contributed by atoms with Crippen molar-refractivity contribution in [2.75, 3.05) is 0 Å². The standard InChI is InChI=1S/C25H40O2/c1-18(2)9-7-10-19(3)11-8-12-20(4)17-21-15-16-24(25(26)27)23-14-6-5-13-22(21)23/h15-16,18-20H,5-14,17H2,1-4H3,(H,26,27). The minimum Gasteiger partial charge on any atom is -0.478 e. The van der Waals surface area contributed by atoms with E-state index in [-0.39, 0.29) is 0 Å². The summed E-state index contributed by atoms with van der Waals surface area (Å²) in [5, 5.41) is 9.47. The van der Waals surface area contributed by atoms with E-state index in [0.29, 0.717) is 11.5 Å². The predicted octanol–water partition coefficient (Wildman–Crippen LogP) is 7.07. The maximum absolute atomic E-state index is 11.5. The Morgan fingerprint density at radius 2 is 1.48 bits per heavy atom. The summed E-state index contributed by atoms with van der Waals surface area (Å²) in [5.41, 5.74) is 4.43. The molecular formula is C25H40O2. The molecule has 0 radical (unpaired) electrons. The first-order chi connectivity index (χ1) is 12.9. The summed E-state index contributed by atoms with van der Waals surface area (Å²) in [6.07, 6.45) is 13.5. The Bertz CT molecular complexity index is 603. The van der Waals surface area contributed by atoms with Crippen LogP contribution in [0.4, 0.5) is 0 Å². The van der Waals surface area contributed by atoms with E-state index in [4.69, 9.17) is 0 Å². The lowest BCUT2D eigenvalue weighted by Crippen LogP contribution is -2.14. The van der Waals surface area contributed by atoms with Gasteiger partial charge in [0.15, 0.2) is 0 Å². The zero-order chi connectivity index (χ0) is 19.8. The molecule has 1 aliphatic carbocycles. The molecule has 2 atom stereocenters. The maximum Gasteiger partial charge on any atom is 0.335 e. The van der Waals surface area contributed by atoms with Crippen LogP contribution >= 0.6 is 0 Å². The van der Waals surface area contributed by atoms with Crippen LogP contribution in [-0.2, 0) is 19.3 Å². The number of carbonyl (C=O) groups is 1. The lowest BCUT2D eigenvalue weighted by atomic mass is 9.82. The second-order valence-corrected chi connectivity index (χ2v) is 9.41.